The Kier molecular flexibility index (Phi) is 2.89. The van der Waals surface area contributed by atoms with E-state index in [-0.39, 0.29) is 5.41 Å². The van der Waals surface area contributed by atoms with Crippen LogP contribution in [0, 0.1) is 0 Å². The predicted octanol–water partition coefficient (Wildman–Crippen LogP) is 3.53. The molecule has 0 saturated carbocycles. The molecular weight excluding hydrogens is 214 g/mol. The van der Waals surface area contributed by atoms with Gasteiger partial charge in [-0.05, 0) is 39.4 Å². The lowest BCUT2D eigenvalue weighted by Gasteiger charge is -2.24. The van der Waals surface area contributed by atoms with E-state index in [0.29, 0.717) is 0 Å². The first-order chi connectivity index (χ1) is 5.58. The number of nitrogens with zero attached hydrogens (tertiary/aromatic N) is 1. The Morgan fingerprint density at radius 2 is 2.17 bits per heavy atom. The lowest BCUT2D eigenvalue weighted by atomic mass is 9.83. The molecule has 0 bridgehead atoms. The largest absolute Gasteiger partial charge is 0.264 e. The van der Waals surface area contributed by atoms with Crippen molar-refractivity contribution in [3.63, 3.8) is 0 Å². The number of aromatic nitrogens is 1. The van der Waals surface area contributed by atoms with Gasteiger partial charge in [0.2, 0.25) is 0 Å². The topological polar surface area (TPSA) is 12.9 Å². The molecule has 0 N–H and O–H groups in total. The van der Waals surface area contributed by atoms with Crippen molar-refractivity contribution in [2.75, 3.05) is 0 Å². The molecule has 0 aliphatic rings. The zero-order chi connectivity index (χ0) is 9.19. The van der Waals surface area contributed by atoms with Crippen molar-refractivity contribution in [2.24, 2.45) is 0 Å². The minimum Gasteiger partial charge on any atom is -0.264 e. The first-order valence-electron chi connectivity index (χ1n) is 4.18. The van der Waals surface area contributed by atoms with Gasteiger partial charge in [0.15, 0.2) is 0 Å². The van der Waals surface area contributed by atoms with Gasteiger partial charge in [-0.25, -0.2) is 0 Å². The molecule has 0 fully saturated rings. The average molecular weight is 228 g/mol. The van der Waals surface area contributed by atoms with Gasteiger partial charge in [-0.2, -0.15) is 0 Å². The molecule has 66 valence electrons. The first-order valence-corrected chi connectivity index (χ1v) is 4.97. The number of halogens is 1. The zero-order valence-electron chi connectivity index (χ0n) is 7.76. The van der Waals surface area contributed by atoms with E-state index in [1.807, 2.05) is 12.4 Å². The maximum Gasteiger partial charge on any atom is 0.0413 e. The third-order valence-electron chi connectivity index (χ3n) is 2.39. The van der Waals surface area contributed by atoms with Gasteiger partial charge in [0.1, 0.15) is 0 Å². The molecule has 1 rings (SSSR count). The fraction of sp³-hybridized carbons (Fsp3) is 0.500. The second-order valence-corrected chi connectivity index (χ2v) is 4.45. The summed E-state index contributed by atoms with van der Waals surface area (Å²) in [6, 6.07) is 2.08. The number of hydrogen-bond donors (Lipinski definition) is 0. The van der Waals surface area contributed by atoms with Gasteiger partial charge < -0.3 is 0 Å². The maximum absolute atomic E-state index is 4.05. The van der Waals surface area contributed by atoms with Crippen LogP contribution in [0.15, 0.2) is 22.9 Å². The van der Waals surface area contributed by atoms with Crippen LogP contribution in [0.2, 0.25) is 0 Å². The van der Waals surface area contributed by atoms with Gasteiger partial charge in [0.25, 0.3) is 0 Å². The molecule has 0 aliphatic carbocycles. The molecule has 2 heteroatoms. The summed E-state index contributed by atoms with van der Waals surface area (Å²) in [7, 11) is 0. The molecule has 1 nitrogen and oxygen atoms in total. The van der Waals surface area contributed by atoms with Crippen LogP contribution >= 0.6 is 15.9 Å². The summed E-state index contributed by atoms with van der Waals surface area (Å²) in [5.41, 5.74) is 1.57. The molecule has 0 saturated heterocycles. The number of hydrogen-bond acceptors (Lipinski definition) is 1. The van der Waals surface area contributed by atoms with Crippen LogP contribution in [0.1, 0.15) is 32.8 Å². The maximum atomic E-state index is 4.05. The Morgan fingerprint density at radius 3 is 2.67 bits per heavy atom. The van der Waals surface area contributed by atoms with Crippen molar-refractivity contribution >= 4 is 15.9 Å². The Labute approximate surface area is 82.3 Å². The fourth-order valence-electron chi connectivity index (χ4n) is 1.11. The second-order valence-electron chi connectivity index (χ2n) is 3.59. The molecule has 0 amide bonds. The Morgan fingerprint density at radius 1 is 1.50 bits per heavy atom. The highest BCUT2D eigenvalue weighted by atomic mass is 79.9. The standard InChI is InChI=1S/C10H14BrN/c1-4-10(2,3)8-5-6-12-7-9(8)11/h5-7H,4H2,1-3H3. The average Bonchev–Trinajstić information content (AvgIpc) is 2.05. The van der Waals surface area contributed by atoms with E-state index < -0.39 is 0 Å². The molecule has 1 heterocycles. The summed E-state index contributed by atoms with van der Waals surface area (Å²) in [5.74, 6) is 0. The highest BCUT2D eigenvalue weighted by molar-refractivity contribution is 9.10. The van der Waals surface area contributed by atoms with Gasteiger partial charge in [0.05, 0.1) is 0 Å². The van der Waals surface area contributed by atoms with E-state index in [1.54, 1.807) is 0 Å². The molecule has 0 radical (unpaired) electrons. The van der Waals surface area contributed by atoms with Crippen LogP contribution in [0.5, 0.6) is 0 Å². The summed E-state index contributed by atoms with van der Waals surface area (Å²) in [6.07, 6.45) is 4.83. The summed E-state index contributed by atoms with van der Waals surface area (Å²) in [4.78, 5) is 4.05. The van der Waals surface area contributed by atoms with Crippen LogP contribution in [0.4, 0.5) is 0 Å². The van der Waals surface area contributed by atoms with E-state index in [2.05, 4.69) is 47.8 Å². The molecule has 0 aromatic carbocycles. The summed E-state index contributed by atoms with van der Waals surface area (Å²) in [6.45, 7) is 6.69. The van der Waals surface area contributed by atoms with Crippen LogP contribution in [0.25, 0.3) is 0 Å². The van der Waals surface area contributed by atoms with Crippen LogP contribution in [0.3, 0.4) is 0 Å². The predicted molar refractivity (Wildman–Crippen MR) is 55.3 cm³/mol. The fourth-order valence-corrected chi connectivity index (χ4v) is 1.90. The van der Waals surface area contributed by atoms with E-state index in [1.165, 1.54) is 5.56 Å². The normalized spacial score (nSPS) is 11.7. The minimum atomic E-state index is 0.238. The van der Waals surface area contributed by atoms with Crippen molar-refractivity contribution < 1.29 is 0 Å². The summed E-state index contributed by atoms with van der Waals surface area (Å²) < 4.78 is 1.11. The molecule has 0 spiro atoms. The Bertz CT molecular complexity index is 268. The molecule has 0 unspecified atom stereocenters. The van der Waals surface area contributed by atoms with Crippen LogP contribution < -0.4 is 0 Å². The lowest BCUT2D eigenvalue weighted by molar-refractivity contribution is 0.503. The molecular formula is C10H14BrN. The first kappa shape index (κ1) is 9.72. The lowest BCUT2D eigenvalue weighted by Crippen LogP contribution is -2.16. The van der Waals surface area contributed by atoms with Crippen molar-refractivity contribution in [1.82, 2.24) is 4.98 Å². The minimum absolute atomic E-state index is 0.238. The molecule has 1 aromatic heterocycles. The monoisotopic (exact) mass is 227 g/mol. The zero-order valence-corrected chi connectivity index (χ0v) is 9.35. The highest BCUT2D eigenvalue weighted by Crippen LogP contribution is 2.31. The smallest absolute Gasteiger partial charge is 0.0413 e. The van der Waals surface area contributed by atoms with E-state index in [0.717, 1.165) is 10.9 Å². The van der Waals surface area contributed by atoms with E-state index in [4.69, 9.17) is 0 Å². The van der Waals surface area contributed by atoms with Gasteiger partial charge in [-0.1, -0.05) is 20.8 Å². The summed E-state index contributed by atoms with van der Waals surface area (Å²) in [5, 5.41) is 0. The molecule has 0 atom stereocenters. The Hall–Kier alpha value is -0.370. The molecule has 0 aliphatic heterocycles. The van der Waals surface area contributed by atoms with Crippen molar-refractivity contribution in [3.05, 3.63) is 28.5 Å². The van der Waals surface area contributed by atoms with Crippen molar-refractivity contribution in [3.8, 4) is 0 Å². The van der Waals surface area contributed by atoms with Gasteiger partial charge in [-0.3, -0.25) is 4.98 Å². The van der Waals surface area contributed by atoms with E-state index in [9.17, 15) is 0 Å². The second kappa shape index (κ2) is 3.56. The van der Waals surface area contributed by atoms with Gasteiger partial charge in [0, 0.05) is 16.9 Å². The third kappa shape index (κ3) is 1.86. The molecule has 12 heavy (non-hydrogen) atoms. The third-order valence-corrected chi connectivity index (χ3v) is 3.02. The summed E-state index contributed by atoms with van der Waals surface area (Å²) >= 11 is 3.51. The number of pyridine rings is 1. The van der Waals surface area contributed by atoms with Crippen molar-refractivity contribution in [1.29, 1.82) is 0 Å². The van der Waals surface area contributed by atoms with Crippen LogP contribution in [-0.2, 0) is 5.41 Å². The van der Waals surface area contributed by atoms with E-state index >= 15 is 0 Å². The SMILES string of the molecule is CCC(C)(C)c1ccncc1Br. The van der Waals surface area contributed by atoms with Gasteiger partial charge >= 0.3 is 0 Å². The van der Waals surface area contributed by atoms with Gasteiger partial charge in [-0.15, -0.1) is 0 Å². The highest BCUT2D eigenvalue weighted by Gasteiger charge is 2.20. The molecule has 1 aromatic rings. The Balaban J connectivity index is 3.10. The quantitative estimate of drug-likeness (QED) is 0.754. The van der Waals surface area contributed by atoms with Crippen molar-refractivity contribution in [2.45, 2.75) is 32.6 Å². The van der Waals surface area contributed by atoms with Crippen LogP contribution in [-0.4, -0.2) is 4.98 Å². The number of rotatable bonds is 2.